The second-order valence-corrected chi connectivity index (χ2v) is 6.34. The first-order valence-corrected chi connectivity index (χ1v) is 7.85. The van der Waals surface area contributed by atoms with Crippen LogP contribution in [0.25, 0.3) is 0 Å². The van der Waals surface area contributed by atoms with Gasteiger partial charge in [-0.1, -0.05) is 22.0 Å². The highest BCUT2D eigenvalue weighted by molar-refractivity contribution is 9.10. The molecule has 3 rings (SSSR count). The largest absolute Gasteiger partial charge is 0.334 e. The molecule has 2 atom stereocenters. The molecule has 2 saturated heterocycles. The summed E-state index contributed by atoms with van der Waals surface area (Å²) in [5.74, 6) is 0.178. The monoisotopic (exact) mass is 322 g/mol. The van der Waals surface area contributed by atoms with Crippen molar-refractivity contribution >= 4 is 21.8 Å². The Balaban J connectivity index is 1.78. The van der Waals surface area contributed by atoms with E-state index in [1.807, 2.05) is 24.3 Å². The van der Waals surface area contributed by atoms with Gasteiger partial charge in [0.2, 0.25) is 0 Å². The summed E-state index contributed by atoms with van der Waals surface area (Å²) in [5, 5.41) is 3.54. The fraction of sp³-hybridized carbons (Fsp3) is 0.533. The van der Waals surface area contributed by atoms with Gasteiger partial charge in [-0.3, -0.25) is 4.79 Å². The standard InChI is InChI=1S/C15H19BrN2O/c16-12-5-1-4-11(10-12)15(19)18-9-3-7-14(18)13-6-2-8-17-13/h1,4-5,10,13-14,17H,2-3,6-9H2. The summed E-state index contributed by atoms with van der Waals surface area (Å²) >= 11 is 3.44. The lowest BCUT2D eigenvalue weighted by molar-refractivity contribution is 0.0711. The molecule has 1 aromatic rings. The van der Waals surface area contributed by atoms with E-state index >= 15 is 0 Å². The molecule has 102 valence electrons. The van der Waals surface area contributed by atoms with Crippen molar-refractivity contribution in [1.29, 1.82) is 0 Å². The van der Waals surface area contributed by atoms with E-state index in [1.165, 1.54) is 12.8 Å². The molecule has 0 aliphatic carbocycles. The second-order valence-electron chi connectivity index (χ2n) is 5.42. The van der Waals surface area contributed by atoms with Crippen LogP contribution in [0.1, 0.15) is 36.0 Å². The first kappa shape index (κ1) is 13.1. The number of benzene rings is 1. The number of halogens is 1. The van der Waals surface area contributed by atoms with Gasteiger partial charge < -0.3 is 10.2 Å². The Hall–Kier alpha value is -0.870. The van der Waals surface area contributed by atoms with Gasteiger partial charge in [-0.05, 0) is 50.4 Å². The summed E-state index contributed by atoms with van der Waals surface area (Å²) in [4.78, 5) is 14.7. The molecule has 1 N–H and O–H groups in total. The van der Waals surface area contributed by atoms with Crippen LogP contribution in [0.15, 0.2) is 28.7 Å². The smallest absolute Gasteiger partial charge is 0.254 e. The van der Waals surface area contributed by atoms with Gasteiger partial charge in [0.25, 0.3) is 5.91 Å². The van der Waals surface area contributed by atoms with Crippen molar-refractivity contribution < 1.29 is 4.79 Å². The highest BCUT2D eigenvalue weighted by atomic mass is 79.9. The molecule has 2 aliphatic rings. The molecule has 0 saturated carbocycles. The molecule has 2 fully saturated rings. The van der Waals surface area contributed by atoms with Gasteiger partial charge in [0.15, 0.2) is 0 Å². The maximum absolute atomic E-state index is 12.6. The van der Waals surface area contributed by atoms with E-state index in [1.54, 1.807) is 0 Å². The lowest BCUT2D eigenvalue weighted by Crippen LogP contribution is -2.46. The molecule has 1 aromatic carbocycles. The maximum atomic E-state index is 12.6. The van der Waals surface area contributed by atoms with E-state index in [2.05, 4.69) is 26.1 Å². The number of carbonyl (C=O) groups excluding carboxylic acids is 1. The van der Waals surface area contributed by atoms with Gasteiger partial charge in [0, 0.05) is 28.7 Å². The predicted molar refractivity (Wildman–Crippen MR) is 79.2 cm³/mol. The SMILES string of the molecule is O=C(c1cccc(Br)c1)N1CCCC1C1CCCN1. The van der Waals surface area contributed by atoms with Crippen molar-refractivity contribution in [3.63, 3.8) is 0 Å². The van der Waals surface area contributed by atoms with Crippen LogP contribution in [-0.4, -0.2) is 36.0 Å². The van der Waals surface area contributed by atoms with Crippen LogP contribution in [0.3, 0.4) is 0 Å². The second kappa shape index (κ2) is 5.63. The highest BCUT2D eigenvalue weighted by Gasteiger charge is 2.36. The molecule has 0 bridgehead atoms. The highest BCUT2D eigenvalue weighted by Crippen LogP contribution is 2.27. The Labute approximate surface area is 122 Å². The number of hydrogen-bond donors (Lipinski definition) is 1. The van der Waals surface area contributed by atoms with Crippen molar-refractivity contribution in [3.05, 3.63) is 34.3 Å². The number of carbonyl (C=O) groups is 1. The van der Waals surface area contributed by atoms with Gasteiger partial charge in [-0.15, -0.1) is 0 Å². The molecular weight excluding hydrogens is 304 g/mol. The van der Waals surface area contributed by atoms with Crippen LogP contribution in [0, 0.1) is 0 Å². The minimum atomic E-state index is 0.178. The van der Waals surface area contributed by atoms with Crippen LogP contribution >= 0.6 is 15.9 Å². The molecule has 2 heterocycles. The number of likely N-dealkylation sites (tertiary alicyclic amines) is 1. The summed E-state index contributed by atoms with van der Waals surface area (Å²) in [6, 6.07) is 8.59. The van der Waals surface area contributed by atoms with Gasteiger partial charge in [-0.25, -0.2) is 0 Å². The Bertz CT molecular complexity index is 471. The van der Waals surface area contributed by atoms with E-state index in [0.29, 0.717) is 12.1 Å². The van der Waals surface area contributed by atoms with E-state index in [4.69, 9.17) is 0 Å². The molecule has 4 heteroatoms. The van der Waals surface area contributed by atoms with Crippen molar-refractivity contribution in [2.45, 2.75) is 37.8 Å². The maximum Gasteiger partial charge on any atom is 0.254 e. The summed E-state index contributed by atoms with van der Waals surface area (Å²) < 4.78 is 0.966. The summed E-state index contributed by atoms with van der Waals surface area (Å²) in [6.07, 6.45) is 4.70. The normalized spacial score (nSPS) is 26.9. The molecule has 2 aliphatic heterocycles. The van der Waals surface area contributed by atoms with Crippen molar-refractivity contribution in [1.82, 2.24) is 10.2 Å². The van der Waals surface area contributed by atoms with Crippen molar-refractivity contribution in [3.8, 4) is 0 Å². The van der Waals surface area contributed by atoms with Gasteiger partial charge in [-0.2, -0.15) is 0 Å². The van der Waals surface area contributed by atoms with Crippen LogP contribution in [0.5, 0.6) is 0 Å². The number of nitrogens with one attached hydrogen (secondary N) is 1. The zero-order valence-corrected chi connectivity index (χ0v) is 12.5. The predicted octanol–water partition coefficient (Wildman–Crippen LogP) is 2.81. The fourth-order valence-corrected chi connectivity index (χ4v) is 3.69. The quantitative estimate of drug-likeness (QED) is 0.908. The molecule has 1 amide bonds. The number of amides is 1. The van der Waals surface area contributed by atoms with E-state index in [9.17, 15) is 4.79 Å². The Morgan fingerprint density at radius 1 is 1.32 bits per heavy atom. The van der Waals surface area contributed by atoms with Crippen LogP contribution in [0.4, 0.5) is 0 Å². The minimum Gasteiger partial charge on any atom is -0.334 e. The van der Waals surface area contributed by atoms with E-state index < -0.39 is 0 Å². The van der Waals surface area contributed by atoms with Crippen LogP contribution < -0.4 is 5.32 Å². The van der Waals surface area contributed by atoms with Crippen LogP contribution in [-0.2, 0) is 0 Å². The van der Waals surface area contributed by atoms with Gasteiger partial charge in [0.1, 0.15) is 0 Å². The zero-order valence-electron chi connectivity index (χ0n) is 10.9. The Kier molecular flexibility index (Phi) is 3.89. The molecule has 0 spiro atoms. The molecule has 0 aromatic heterocycles. The van der Waals surface area contributed by atoms with Gasteiger partial charge in [0.05, 0.1) is 0 Å². The minimum absolute atomic E-state index is 0.178. The lowest BCUT2D eigenvalue weighted by atomic mass is 10.0. The zero-order chi connectivity index (χ0) is 13.2. The average molecular weight is 323 g/mol. The molecule has 3 nitrogen and oxygen atoms in total. The van der Waals surface area contributed by atoms with Gasteiger partial charge >= 0.3 is 0 Å². The summed E-state index contributed by atoms with van der Waals surface area (Å²) in [7, 11) is 0. The fourth-order valence-electron chi connectivity index (χ4n) is 3.29. The third-order valence-electron chi connectivity index (χ3n) is 4.19. The Morgan fingerprint density at radius 2 is 2.21 bits per heavy atom. The summed E-state index contributed by atoms with van der Waals surface area (Å²) in [5.41, 5.74) is 0.791. The number of hydrogen-bond acceptors (Lipinski definition) is 2. The topological polar surface area (TPSA) is 32.3 Å². The summed E-state index contributed by atoms with van der Waals surface area (Å²) in [6.45, 7) is 1.99. The third kappa shape index (κ3) is 2.70. The molecule has 2 unspecified atom stereocenters. The van der Waals surface area contributed by atoms with Crippen LogP contribution in [0.2, 0.25) is 0 Å². The third-order valence-corrected chi connectivity index (χ3v) is 4.69. The van der Waals surface area contributed by atoms with Crippen molar-refractivity contribution in [2.75, 3.05) is 13.1 Å². The van der Waals surface area contributed by atoms with Crippen molar-refractivity contribution in [2.24, 2.45) is 0 Å². The Morgan fingerprint density at radius 3 is 2.95 bits per heavy atom. The van der Waals surface area contributed by atoms with E-state index in [0.717, 1.165) is 36.0 Å². The average Bonchev–Trinajstić information content (AvgIpc) is 3.08. The molecule has 0 radical (unpaired) electrons. The van der Waals surface area contributed by atoms with E-state index in [-0.39, 0.29) is 5.91 Å². The number of nitrogens with zero attached hydrogens (tertiary/aromatic N) is 1. The first-order valence-electron chi connectivity index (χ1n) is 7.05. The molecule has 19 heavy (non-hydrogen) atoms. The lowest BCUT2D eigenvalue weighted by Gasteiger charge is -2.29. The number of rotatable bonds is 2. The first-order chi connectivity index (χ1) is 9.25. The molecular formula is C15H19BrN2O.